The number of hydrogen-bond acceptors (Lipinski definition) is 8. The molecule has 0 aliphatic heterocycles. The summed E-state index contributed by atoms with van der Waals surface area (Å²) in [6, 6.07) is 11.3. The van der Waals surface area contributed by atoms with Gasteiger partial charge in [0.15, 0.2) is 5.82 Å². The molecule has 5 rings (SSSR count). The van der Waals surface area contributed by atoms with Crippen LogP contribution in [-0.4, -0.2) is 40.0 Å². The van der Waals surface area contributed by atoms with Gasteiger partial charge in [0.2, 0.25) is 0 Å². The summed E-state index contributed by atoms with van der Waals surface area (Å²) in [4.78, 5) is 13.4. The summed E-state index contributed by atoms with van der Waals surface area (Å²) in [5.41, 5.74) is 4.85. The molecule has 0 unspecified atom stereocenters. The molecule has 0 radical (unpaired) electrons. The minimum atomic E-state index is -1.02. The Bertz CT molecular complexity index is 1440. The van der Waals surface area contributed by atoms with Crippen molar-refractivity contribution in [1.29, 1.82) is 0 Å². The van der Waals surface area contributed by atoms with Gasteiger partial charge in [0.25, 0.3) is 0 Å². The van der Waals surface area contributed by atoms with Crippen LogP contribution in [0.2, 0.25) is 0 Å². The van der Waals surface area contributed by atoms with Crippen molar-refractivity contribution in [3.05, 3.63) is 72.9 Å². The smallest absolute Gasteiger partial charge is 0.154 e. The lowest BCUT2D eigenvalue weighted by molar-refractivity contribution is 0.0781. The van der Waals surface area contributed by atoms with E-state index in [4.69, 9.17) is 4.98 Å². The average molecular weight is 438 g/mol. The van der Waals surface area contributed by atoms with Crippen molar-refractivity contribution in [2.45, 2.75) is 19.4 Å². The first-order chi connectivity index (χ1) is 15.9. The first kappa shape index (κ1) is 20.7. The number of pyridine rings is 3. The SMILES string of the molecule is Cn1cc(-c2cnc3ccc(Nc4cc(C(C)(C)O)cnn4)nc3c2)c(-c2ccncc2)n1. The van der Waals surface area contributed by atoms with E-state index in [1.54, 1.807) is 43.2 Å². The maximum Gasteiger partial charge on any atom is 0.154 e. The second-order valence-electron chi connectivity index (χ2n) is 8.27. The number of hydrogen-bond donors (Lipinski definition) is 2. The van der Waals surface area contributed by atoms with Crippen molar-refractivity contribution >= 4 is 22.7 Å². The van der Waals surface area contributed by atoms with Crippen LogP contribution < -0.4 is 5.32 Å². The van der Waals surface area contributed by atoms with Gasteiger partial charge in [-0.15, -0.1) is 5.10 Å². The molecule has 9 nitrogen and oxygen atoms in total. The summed E-state index contributed by atoms with van der Waals surface area (Å²) in [6.07, 6.45) is 8.85. The summed E-state index contributed by atoms with van der Waals surface area (Å²) in [6.45, 7) is 3.40. The predicted molar refractivity (Wildman–Crippen MR) is 126 cm³/mol. The highest BCUT2D eigenvalue weighted by Gasteiger charge is 2.17. The van der Waals surface area contributed by atoms with Crippen LogP contribution in [0.15, 0.2) is 67.4 Å². The van der Waals surface area contributed by atoms with E-state index in [2.05, 4.69) is 30.6 Å². The van der Waals surface area contributed by atoms with Crippen LogP contribution in [0.1, 0.15) is 19.4 Å². The fourth-order valence-electron chi connectivity index (χ4n) is 3.54. The van der Waals surface area contributed by atoms with E-state index in [0.29, 0.717) is 17.2 Å². The fourth-order valence-corrected chi connectivity index (χ4v) is 3.54. The van der Waals surface area contributed by atoms with Gasteiger partial charge in [-0.3, -0.25) is 14.6 Å². The van der Waals surface area contributed by atoms with Crippen molar-refractivity contribution in [3.63, 3.8) is 0 Å². The standard InChI is InChI=1S/C24H22N8O/c1-24(2,33)17-11-22(30-27-13-17)29-21-5-4-19-20(28-21)10-16(12-26-19)18-14-32(3)31-23(18)15-6-8-25-9-7-15/h4-14,33H,1-3H3,(H,28,29,30). The zero-order valence-electron chi connectivity index (χ0n) is 18.4. The van der Waals surface area contributed by atoms with Gasteiger partial charge in [-0.25, -0.2) is 4.98 Å². The van der Waals surface area contributed by atoms with Gasteiger partial charge in [0, 0.05) is 54.1 Å². The van der Waals surface area contributed by atoms with Crippen LogP contribution in [0.5, 0.6) is 0 Å². The van der Waals surface area contributed by atoms with Crippen LogP contribution in [0.4, 0.5) is 11.6 Å². The second-order valence-corrected chi connectivity index (χ2v) is 8.27. The molecule has 0 saturated carbocycles. The third-order valence-electron chi connectivity index (χ3n) is 5.25. The Hall–Kier alpha value is -4.24. The number of anilines is 2. The number of fused-ring (bicyclic) bond motifs is 1. The predicted octanol–water partition coefficient (Wildman–Crippen LogP) is 3.85. The van der Waals surface area contributed by atoms with Crippen molar-refractivity contribution in [1.82, 2.24) is 34.9 Å². The zero-order valence-corrected chi connectivity index (χ0v) is 18.4. The molecule has 0 spiro atoms. The van der Waals surface area contributed by atoms with E-state index in [-0.39, 0.29) is 0 Å². The molecular formula is C24H22N8O. The molecule has 5 heterocycles. The van der Waals surface area contributed by atoms with Gasteiger partial charge >= 0.3 is 0 Å². The molecule has 5 aromatic rings. The lowest BCUT2D eigenvalue weighted by atomic mass is 10.0. The molecule has 0 atom stereocenters. The Balaban J connectivity index is 1.51. The van der Waals surface area contributed by atoms with Gasteiger partial charge in [-0.1, -0.05) is 0 Å². The first-order valence-electron chi connectivity index (χ1n) is 10.4. The average Bonchev–Trinajstić information content (AvgIpc) is 3.20. The molecule has 0 saturated heterocycles. The quantitative estimate of drug-likeness (QED) is 0.425. The molecule has 2 N–H and O–H groups in total. The van der Waals surface area contributed by atoms with Gasteiger partial charge in [-0.05, 0) is 50.2 Å². The van der Waals surface area contributed by atoms with Crippen LogP contribution in [-0.2, 0) is 12.6 Å². The Morgan fingerprint density at radius 3 is 2.55 bits per heavy atom. The van der Waals surface area contributed by atoms with E-state index >= 15 is 0 Å². The van der Waals surface area contributed by atoms with Crippen molar-refractivity contribution < 1.29 is 5.11 Å². The number of aromatic nitrogens is 7. The van der Waals surface area contributed by atoms with E-state index in [0.717, 1.165) is 33.4 Å². The van der Waals surface area contributed by atoms with Crippen LogP contribution in [0.25, 0.3) is 33.4 Å². The highest BCUT2D eigenvalue weighted by atomic mass is 16.3. The normalized spacial score (nSPS) is 11.6. The Morgan fingerprint density at radius 1 is 0.939 bits per heavy atom. The molecular weight excluding hydrogens is 416 g/mol. The maximum atomic E-state index is 10.2. The first-order valence-corrected chi connectivity index (χ1v) is 10.4. The maximum absolute atomic E-state index is 10.2. The van der Waals surface area contributed by atoms with E-state index < -0.39 is 5.60 Å². The molecule has 0 fully saturated rings. The molecule has 0 bridgehead atoms. The number of aryl methyl sites for hydroxylation is 1. The van der Waals surface area contributed by atoms with Crippen molar-refractivity contribution in [2.75, 3.05) is 5.32 Å². The monoisotopic (exact) mass is 438 g/mol. The van der Waals surface area contributed by atoms with Crippen LogP contribution >= 0.6 is 0 Å². The summed E-state index contributed by atoms with van der Waals surface area (Å²) in [7, 11) is 1.89. The van der Waals surface area contributed by atoms with Gasteiger partial charge in [0.1, 0.15) is 11.5 Å². The van der Waals surface area contributed by atoms with Crippen molar-refractivity contribution in [3.8, 4) is 22.4 Å². The third kappa shape index (κ3) is 4.26. The minimum Gasteiger partial charge on any atom is -0.386 e. The van der Waals surface area contributed by atoms with Crippen LogP contribution in [0, 0.1) is 0 Å². The molecule has 0 aliphatic carbocycles. The molecule has 5 aromatic heterocycles. The summed E-state index contributed by atoms with van der Waals surface area (Å²) in [5.74, 6) is 1.10. The third-order valence-corrected chi connectivity index (χ3v) is 5.25. The lowest BCUT2D eigenvalue weighted by Crippen LogP contribution is -2.16. The van der Waals surface area contributed by atoms with E-state index in [1.165, 1.54) is 0 Å². The largest absolute Gasteiger partial charge is 0.386 e. The molecule has 9 heteroatoms. The highest BCUT2D eigenvalue weighted by molar-refractivity contribution is 5.86. The second kappa shape index (κ2) is 8.03. The number of aliphatic hydroxyl groups is 1. The summed E-state index contributed by atoms with van der Waals surface area (Å²) < 4.78 is 1.79. The molecule has 164 valence electrons. The molecule has 0 aliphatic rings. The highest BCUT2D eigenvalue weighted by Crippen LogP contribution is 2.31. The fraction of sp³-hybridized carbons (Fsp3) is 0.167. The molecule has 0 aromatic carbocycles. The number of rotatable bonds is 5. The Morgan fingerprint density at radius 2 is 1.76 bits per heavy atom. The van der Waals surface area contributed by atoms with E-state index in [1.807, 2.05) is 49.8 Å². The summed E-state index contributed by atoms with van der Waals surface area (Å²) >= 11 is 0. The molecule has 33 heavy (non-hydrogen) atoms. The number of nitrogens with one attached hydrogen (secondary N) is 1. The Labute approximate surface area is 190 Å². The Kier molecular flexibility index (Phi) is 5.02. The summed E-state index contributed by atoms with van der Waals surface area (Å²) in [5, 5.41) is 26.1. The van der Waals surface area contributed by atoms with Gasteiger partial charge in [-0.2, -0.15) is 10.2 Å². The zero-order chi connectivity index (χ0) is 23.0. The minimum absolute atomic E-state index is 0.498. The topological polar surface area (TPSA) is 115 Å². The van der Waals surface area contributed by atoms with Gasteiger partial charge < -0.3 is 10.4 Å². The van der Waals surface area contributed by atoms with E-state index in [9.17, 15) is 5.11 Å². The lowest BCUT2D eigenvalue weighted by Gasteiger charge is -2.17. The van der Waals surface area contributed by atoms with Gasteiger partial charge in [0.05, 0.1) is 22.8 Å². The number of nitrogens with zero attached hydrogens (tertiary/aromatic N) is 7. The van der Waals surface area contributed by atoms with Crippen molar-refractivity contribution in [2.24, 2.45) is 7.05 Å². The van der Waals surface area contributed by atoms with Crippen LogP contribution in [0.3, 0.4) is 0 Å². The molecule has 0 amide bonds.